The Morgan fingerprint density at radius 1 is 1.35 bits per heavy atom. The van der Waals surface area contributed by atoms with Crippen LogP contribution >= 0.6 is 0 Å². The minimum Gasteiger partial charge on any atom is -0.380 e. The molecule has 0 aromatic carbocycles. The minimum atomic E-state index is 0.702. The standard InChI is InChI=1S/C15H20N4O/c1-2-3-8-20-9-7-17-11-14-12-18-19-15(14)13-5-4-6-16-10-13/h2,4-6,10,12,17H,1,3,7-9,11H2,(H,18,19). The number of nitrogens with zero attached hydrogens (tertiary/aromatic N) is 2. The van der Waals surface area contributed by atoms with E-state index >= 15 is 0 Å². The number of nitrogens with one attached hydrogen (secondary N) is 2. The number of rotatable bonds is 9. The van der Waals surface area contributed by atoms with Crippen molar-refractivity contribution in [2.24, 2.45) is 0 Å². The zero-order valence-corrected chi connectivity index (χ0v) is 11.5. The Morgan fingerprint density at radius 2 is 2.30 bits per heavy atom. The summed E-state index contributed by atoms with van der Waals surface area (Å²) in [5, 5.41) is 10.5. The van der Waals surface area contributed by atoms with Crippen LogP contribution in [0.5, 0.6) is 0 Å². The smallest absolute Gasteiger partial charge is 0.0710 e. The average molecular weight is 272 g/mol. The molecule has 0 radical (unpaired) electrons. The van der Waals surface area contributed by atoms with Gasteiger partial charge in [0.05, 0.1) is 25.1 Å². The molecule has 0 spiro atoms. The normalized spacial score (nSPS) is 10.6. The SMILES string of the molecule is C=CCCOCCNCc1cn[nH]c1-c1cccnc1. The molecular weight excluding hydrogens is 252 g/mol. The molecular formula is C15H20N4O. The van der Waals surface area contributed by atoms with Crippen LogP contribution in [-0.4, -0.2) is 34.9 Å². The summed E-state index contributed by atoms with van der Waals surface area (Å²) in [6, 6.07) is 3.93. The van der Waals surface area contributed by atoms with Gasteiger partial charge >= 0.3 is 0 Å². The molecule has 0 unspecified atom stereocenters. The Kier molecular flexibility index (Phi) is 5.95. The number of pyridine rings is 1. The maximum atomic E-state index is 5.44. The van der Waals surface area contributed by atoms with Crippen molar-refractivity contribution < 1.29 is 4.74 Å². The number of hydrogen-bond donors (Lipinski definition) is 2. The molecule has 0 bridgehead atoms. The molecule has 5 heteroatoms. The predicted octanol–water partition coefficient (Wildman–Crippen LogP) is 2.15. The second-order valence-electron chi connectivity index (χ2n) is 4.38. The van der Waals surface area contributed by atoms with Crippen molar-refractivity contribution in [3.8, 4) is 11.3 Å². The van der Waals surface area contributed by atoms with E-state index in [4.69, 9.17) is 4.74 Å². The van der Waals surface area contributed by atoms with Gasteiger partial charge in [0, 0.05) is 36.6 Å². The van der Waals surface area contributed by atoms with Crippen molar-refractivity contribution in [1.29, 1.82) is 0 Å². The second kappa shape index (κ2) is 8.24. The highest BCUT2D eigenvalue weighted by Crippen LogP contribution is 2.19. The topological polar surface area (TPSA) is 62.8 Å². The Balaban J connectivity index is 1.77. The lowest BCUT2D eigenvalue weighted by Gasteiger charge is -2.06. The van der Waals surface area contributed by atoms with Crippen LogP contribution in [0, 0.1) is 0 Å². The van der Waals surface area contributed by atoms with Gasteiger partial charge in [-0.1, -0.05) is 6.08 Å². The molecule has 2 N–H and O–H groups in total. The van der Waals surface area contributed by atoms with Crippen molar-refractivity contribution in [1.82, 2.24) is 20.5 Å². The predicted molar refractivity (Wildman–Crippen MR) is 79.2 cm³/mol. The van der Waals surface area contributed by atoms with Gasteiger partial charge in [0.2, 0.25) is 0 Å². The van der Waals surface area contributed by atoms with Crippen LogP contribution in [-0.2, 0) is 11.3 Å². The lowest BCUT2D eigenvalue weighted by atomic mass is 10.1. The monoisotopic (exact) mass is 272 g/mol. The van der Waals surface area contributed by atoms with Gasteiger partial charge in [-0.05, 0) is 18.6 Å². The molecule has 0 aliphatic carbocycles. The third kappa shape index (κ3) is 4.29. The molecule has 20 heavy (non-hydrogen) atoms. The van der Waals surface area contributed by atoms with Crippen molar-refractivity contribution in [3.63, 3.8) is 0 Å². The summed E-state index contributed by atoms with van der Waals surface area (Å²) < 4.78 is 5.44. The first-order valence-electron chi connectivity index (χ1n) is 6.74. The molecule has 0 aliphatic rings. The van der Waals surface area contributed by atoms with E-state index in [0.29, 0.717) is 6.61 Å². The Bertz CT molecular complexity index is 510. The highest BCUT2D eigenvalue weighted by Gasteiger charge is 2.06. The summed E-state index contributed by atoms with van der Waals surface area (Å²) in [5.74, 6) is 0. The van der Waals surface area contributed by atoms with Crippen LogP contribution in [0.25, 0.3) is 11.3 Å². The van der Waals surface area contributed by atoms with Crippen LogP contribution < -0.4 is 5.32 Å². The van der Waals surface area contributed by atoms with Gasteiger partial charge in [-0.25, -0.2) is 0 Å². The molecule has 5 nitrogen and oxygen atoms in total. The molecule has 0 atom stereocenters. The van der Waals surface area contributed by atoms with E-state index < -0.39 is 0 Å². The van der Waals surface area contributed by atoms with Crippen molar-refractivity contribution in [2.75, 3.05) is 19.8 Å². The average Bonchev–Trinajstić information content (AvgIpc) is 2.96. The first-order valence-corrected chi connectivity index (χ1v) is 6.74. The zero-order valence-electron chi connectivity index (χ0n) is 11.5. The molecule has 0 aliphatic heterocycles. The van der Waals surface area contributed by atoms with Gasteiger partial charge < -0.3 is 10.1 Å². The van der Waals surface area contributed by atoms with E-state index in [9.17, 15) is 0 Å². The third-order valence-corrected chi connectivity index (χ3v) is 2.87. The largest absolute Gasteiger partial charge is 0.380 e. The van der Waals surface area contributed by atoms with Crippen LogP contribution in [0.15, 0.2) is 43.4 Å². The van der Waals surface area contributed by atoms with Gasteiger partial charge in [-0.2, -0.15) is 5.10 Å². The zero-order chi connectivity index (χ0) is 14.0. The molecule has 0 amide bonds. The number of hydrogen-bond acceptors (Lipinski definition) is 4. The van der Waals surface area contributed by atoms with Crippen LogP contribution in [0.3, 0.4) is 0 Å². The van der Waals surface area contributed by atoms with Crippen LogP contribution in [0.2, 0.25) is 0 Å². The van der Waals surface area contributed by atoms with Gasteiger partial charge in [-0.3, -0.25) is 10.1 Å². The van der Waals surface area contributed by atoms with E-state index in [0.717, 1.165) is 42.9 Å². The van der Waals surface area contributed by atoms with Gasteiger partial charge in [0.1, 0.15) is 0 Å². The lowest BCUT2D eigenvalue weighted by Crippen LogP contribution is -2.19. The number of aromatic nitrogens is 3. The van der Waals surface area contributed by atoms with Gasteiger partial charge in [0.15, 0.2) is 0 Å². The number of ether oxygens (including phenoxy) is 1. The lowest BCUT2D eigenvalue weighted by molar-refractivity contribution is 0.140. The van der Waals surface area contributed by atoms with Crippen molar-refractivity contribution in [3.05, 3.63) is 48.9 Å². The van der Waals surface area contributed by atoms with Crippen molar-refractivity contribution >= 4 is 0 Å². The summed E-state index contributed by atoms with van der Waals surface area (Å²) in [7, 11) is 0. The maximum absolute atomic E-state index is 5.44. The summed E-state index contributed by atoms with van der Waals surface area (Å²) in [4.78, 5) is 4.12. The van der Waals surface area contributed by atoms with E-state index in [2.05, 4.69) is 27.1 Å². The Morgan fingerprint density at radius 3 is 3.10 bits per heavy atom. The molecule has 2 heterocycles. The minimum absolute atomic E-state index is 0.702. The van der Waals surface area contributed by atoms with E-state index in [1.807, 2.05) is 30.6 Å². The number of aromatic amines is 1. The van der Waals surface area contributed by atoms with E-state index in [1.165, 1.54) is 0 Å². The molecule has 106 valence electrons. The van der Waals surface area contributed by atoms with E-state index in [-0.39, 0.29) is 0 Å². The fraction of sp³-hybridized carbons (Fsp3) is 0.333. The highest BCUT2D eigenvalue weighted by atomic mass is 16.5. The van der Waals surface area contributed by atoms with Crippen LogP contribution in [0.1, 0.15) is 12.0 Å². The fourth-order valence-electron chi connectivity index (χ4n) is 1.84. The molecule has 0 saturated carbocycles. The first-order chi connectivity index (χ1) is 9.92. The first kappa shape index (κ1) is 14.4. The van der Waals surface area contributed by atoms with Crippen molar-refractivity contribution in [2.45, 2.75) is 13.0 Å². The quantitative estimate of drug-likeness (QED) is 0.542. The molecule has 2 rings (SSSR count). The van der Waals surface area contributed by atoms with Gasteiger partial charge in [-0.15, -0.1) is 6.58 Å². The third-order valence-electron chi connectivity index (χ3n) is 2.87. The second-order valence-corrected chi connectivity index (χ2v) is 4.38. The summed E-state index contributed by atoms with van der Waals surface area (Å²) in [5.41, 5.74) is 3.19. The Labute approximate surface area is 119 Å². The summed E-state index contributed by atoms with van der Waals surface area (Å²) in [6.45, 7) is 6.66. The molecule has 0 fully saturated rings. The Hall–Kier alpha value is -1.98. The fourth-order valence-corrected chi connectivity index (χ4v) is 1.84. The van der Waals surface area contributed by atoms with Crippen LogP contribution in [0.4, 0.5) is 0 Å². The number of H-pyrrole nitrogens is 1. The molecule has 2 aromatic heterocycles. The highest BCUT2D eigenvalue weighted by molar-refractivity contribution is 5.61. The maximum Gasteiger partial charge on any atom is 0.0710 e. The summed E-state index contributed by atoms with van der Waals surface area (Å²) >= 11 is 0. The molecule has 2 aromatic rings. The van der Waals surface area contributed by atoms with E-state index in [1.54, 1.807) is 6.20 Å². The van der Waals surface area contributed by atoms with Gasteiger partial charge in [0.25, 0.3) is 0 Å². The molecule has 0 saturated heterocycles. The summed E-state index contributed by atoms with van der Waals surface area (Å²) in [6.07, 6.45) is 8.19.